The van der Waals surface area contributed by atoms with E-state index in [9.17, 15) is 4.79 Å². The smallest absolute Gasteiger partial charge is 0.244 e. The first-order valence-electron chi connectivity index (χ1n) is 7.01. The van der Waals surface area contributed by atoms with Crippen LogP contribution in [-0.2, 0) is 9.53 Å². The second-order valence-corrected chi connectivity index (χ2v) is 4.93. The van der Waals surface area contributed by atoms with E-state index in [-0.39, 0.29) is 5.91 Å². The predicted molar refractivity (Wildman–Crippen MR) is 83.8 cm³/mol. The number of ether oxygens (including phenoxy) is 1. The molecule has 3 nitrogen and oxygen atoms in total. The number of carbonyl (C=O) groups is 1. The molecule has 0 aliphatic heterocycles. The fraction of sp³-hybridized carbons (Fsp3) is 0.438. The van der Waals surface area contributed by atoms with Crippen LogP contribution < -0.4 is 5.32 Å². The van der Waals surface area contributed by atoms with Crippen molar-refractivity contribution in [3.05, 3.63) is 40.9 Å². The van der Waals surface area contributed by atoms with Gasteiger partial charge in [-0.25, -0.2) is 0 Å². The van der Waals surface area contributed by atoms with Crippen molar-refractivity contribution in [3.8, 4) is 0 Å². The number of hydrogen-bond donors (Lipinski definition) is 1. The Morgan fingerprint density at radius 1 is 1.25 bits per heavy atom. The molecule has 1 aromatic rings. The summed E-state index contributed by atoms with van der Waals surface area (Å²) in [5.74, 6) is -0.0893. The van der Waals surface area contributed by atoms with E-state index in [4.69, 9.17) is 16.3 Å². The molecule has 0 saturated carbocycles. The van der Waals surface area contributed by atoms with Gasteiger partial charge in [-0.15, -0.1) is 0 Å². The molecule has 1 aromatic carbocycles. The Labute approximate surface area is 126 Å². The van der Waals surface area contributed by atoms with Gasteiger partial charge in [0.05, 0.1) is 0 Å². The molecular weight excluding hydrogens is 274 g/mol. The molecule has 0 aliphatic rings. The predicted octanol–water partition coefficient (Wildman–Crippen LogP) is 3.68. The molecule has 0 spiro atoms. The maximum atomic E-state index is 11.6. The quantitative estimate of drug-likeness (QED) is 0.557. The fourth-order valence-corrected chi connectivity index (χ4v) is 1.66. The van der Waals surface area contributed by atoms with Crippen LogP contribution in [0.5, 0.6) is 0 Å². The Balaban J connectivity index is 2.12. The molecule has 0 atom stereocenters. The van der Waals surface area contributed by atoms with Crippen LogP contribution in [0.3, 0.4) is 0 Å². The van der Waals surface area contributed by atoms with Gasteiger partial charge < -0.3 is 10.1 Å². The number of carbonyl (C=O) groups excluding carboxylic acids is 1. The summed E-state index contributed by atoms with van der Waals surface area (Å²) in [4.78, 5) is 11.6. The third-order valence-corrected chi connectivity index (χ3v) is 2.96. The molecule has 4 heteroatoms. The van der Waals surface area contributed by atoms with E-state index in [0.717, 1.165) is 31.4 Å². The highest BCUT2D eigenvalue weighted by atomic mass is 35.5. The lowest BCUT2D eigenvalue weighted by Crippen LogP contribution is -2.23. The summed E-state index contributed by atoms with van der Waals surface area (Å²) >= 11 is 5.79. The molecule has 0 unspecified atom stereocenters. The van der Waals surface area contributed by atoms with Crippen LogP contribution in [0.25, 0.3) is 6.08 Å². The third-order valence-electron chi connectivity index (χ3n) is 2.70. The Morgan fingerprint density at radius 2 is 1.95 bits per heavy atom. The first-order valence-corrected chi connectivity index (χ1v) is 7.39. The zero-order chi connectivity index (χ0) is 14.6. The molecule has 1 rings (SSSR count). The molecule has 0 saturated heterocycles. The van der Waals surface area contributed by atoms with E-state index in [1.54, 1.807) is 18.2 Å². The van der Waals surface area contributed by atoms with Crippen LogP contribution >= 0.6 is 11.6 Å². The summed E-state index contributed by atoms with van der Waals surface area (Å²) < 4.78 is 5.41. The lowest BCUT2D eigenvalue weighted by atomic mass is 10.2. The molecule has 110 valence electrons. The molecule has 0 radical (unpaired) electrons. The van der Waals surface area contributed by atoms with Gasteiger partial charge in [0.25, 0.3) is 0 Å². The molecule has 0 heterocycles. The van der Waals surface area contributed by atoms with Crippen LogP contribution in [0.2, 0.25) is 5.02 Å². The highest BCUT2D eigenvalue weighted by Crippen LogP contribution is 2.10. The monoisotopic (exact) mass is 295 g/mol. The highest BCUT2D eigenvalue weighted by Gasteiger charge is 1.95. The standard InChI is InChI=1S/C16H22ClNO2/c1-2-3-12-20-13-4-11-18-16(19)10-7-14-5-8-15(17)9-6-14/h5-10H,2-4,11-13H2,1H3,(H,18,19)/b10-7+. The van der Waals surface area contributed by atoms with Gasteiger partial charge in [0.2, 0.25) is 5.91 Å². The van der Waals surface area contributed by atoms with E-state index in [2.05, 4.69) is 12.2 Å². The maximum Gasteiger partial charge on any atom is 0.244 e. The van der Waals surface area contributed by atoms with E-state index < -0.39 is 0 Å². The molecule has 0 fully saturated rings. The average Bonchev–Trinajstić information content (AvgIpc) is 2.46. The van der Waals surface area contributed by atoms with Crippen molar-refractivity contribution in [1.82, 2.24) is 5.32 Å². The second-order valence-electron chi connectivity index (χ2n) is 4.50. The number of nitrogens with one attached hydrogen (secondary N) is 1. The van der Waals surface area contributed by atoms with Crippen molar-refractivity contribution in [1.29, 1.82) is 0 Å². The van der Waals surface area contributed by atoms with Crippen LogP contribution in [0, 0.1) is 0 Å². The minimum absolute atomic E-state index is 0.0893. The molecular formula is C16H22ClNO2. The van der Waals surface area contributed by atoms with Crippen molar-refractivity contribution in [2.24, 2.45) is 0 Å². The third kappa shape index (κ3) is 7.97. The summed E-state index contributed by atoms with van der Waals surface area (Å²) in [5, 5.41) is 3.51. The topological polar surface area (TPSA) is 38.3 Å². The molecule has 20 heavy (non-hydrogen) atoms. The second kappa shape index (κ2) is 10.5. The number of unbranched alkanes of at least 4 members (excludes halogenated alkanes) is 1. The number of hydrogen-bond acceptors (Lipinski definition) is 2. The Kier molecular flexibility index (Phi) is 8.76. The molecule has 0 aromatic heterocycles. The maximum absolute atomic E-state index is 11.6. The van der Waals surface area contributed by atoms with Crippen LogP contribution in [-0.4, -0.2) is 25.7 Å². The Morgan fingerprint density at radius 3 is 2.65 bits per heavy atom. The van der Waals surface area contributed by atoms with E-state index in [0.29, 0.717) is 18.2 Å². The normalized spacial score (nSPS) is 10.9. The molecule has 0 aliphatic carbocycles. The van der Waals surface area contributed by atoms with Crippen molar-refractivity contribution >= 4 is 23.6 Å². The summed E-state index contributed by atoms with van der Waals surface area (Å²) in [6.45, 7) is 4.27. The van der Waals surface area contributed by atoms with Crippen molar-refractivity contribution in [2.75, 3.05) is 19.8 Å². The van der Waals surface area contributed by atoms with E-state index >= 15 is 0 Å². The van der Waals surface area contributed by atoms with Gasteiger partial charge in [-0.3, -0.25) is 4.79 Å². The average molecular weight is 296 g/mol. The minimum Gasteiger partial charge on any atom is -0.381 e. The van der Waals surface area contributed by atoms with Crippen LogP contribution in [0.4, 0.5) is 0 Å². The lowest BCUT2D eigenvalue weighted by Gasteiger charge is -2.04. The molecule has 1 N–H and O–H groups in total. The lowest BCUT2D eigenvalue weighted by molar-refractivity contribution is -0.116. The summed E-state index contributed by atoms with van der Waals surface area (Å²) in [6, 6.07) is 7.33. The highest BCUT2D eigenvalue weighted by molar-refractivity contribution is 6.30. The van der Waals surface area contributed by atoms with Gasteiger partial charge in [0.15, 0.2) is 0 Å². The SMILES string of the molecule is CCCCOCCCNC(=O)/C=C/c1ccc(Cl)cc1. The van der Waals surface area contributed by atoms with Crippen molar-refractivity contribution in [2.45, 2.75) is 26.2 Å². The molecule has 1 amide bonds. The minimum atomic E-state index is -0.0893. The number of rotatable bonds is 9. The Hall–Kier alpha value is -1.32. The number of benzene rings is 1. The van der Waals surface area contributed by atoms with Crippen LogP contribution in [0.15, 0.2) is 30.3 Å². The van der Waals surface area contributed by atoms with Gasteiger partial charge in [0, 0.05) is 30.9 Å². The first kappa shape index (κ1) is 16.7. The van der Waals surface area contributed by atoms with Crippen molar-refractivity contribution < 1.29 is 9.53 Å². The first-order chi connectivity index (χ1) is 9.72. The zero-order valence-corrected chi connectivity index (χ0v) is 12.7. The number of halogens is 1. The summed E-state index contributed by atoms with van der Waals surface area (Å²) in [5.41, 5.74) is 0.951. The zero-order valence-electron chi connectivity index (χ0n) is 11.9. The van der Waals surface area contributed by atoms with Gasteiger partial charge in [0.1, 0.15) is 0 Å². The van der Waals surface area contributed by atoms with Gasteiger partial charge >= 0.3 is 0 Å². The fourth-order valence-electron chi connectivity index (χ4n) is 1.54. The number of amides is 1. The van der Waals surface area contributed by atoms with Gasteiger partial charge in [-0.2, -0.15) is 0 Å². The van der Waals surface area contributed by atoms with E-state index in [1.165, 1.54) is 6.08 Å². The van der Waals surface area contributed by atoms with Crippen molar-refractivity contribution in [3.63, 3.8) is 0 Å². The summed E-state index contributed by atoms with van der Waals surface area (Å²) in [6.07, 6.45) is 6.37. The molecule has 0 bridgehead atoms. The van der Waals surface area contributed by atoms with Gasteiger partial charge in [-0.1, -0.05) is 37.1 Å². The summed E-state index contributed by atoms with van der Waals surface area (Å²) in [7, 11) is 0. The largest absolute Gasteiger partial charge is 0.381 e. The Bertz CT molecular complexity index is 415. The van der Waals surface area contributed by atoms with Crippen LogP contribution in [0.1, 0.15) is 31.7 Å². The van der Waals surface area contributed by atoms with Gasteiger partial charge in [-0.05, 0) is 36.6 Å². The van der Waals surface area contributed by atoms with E-state index in [1.807, 2.05) is 12.1 Å².